The zero-order valence-corrected chi connectivity index (χ0v) is 16.8. The van der Waals surface area contributed by atoms with Crippen LogP contribution in [0.3, 0.4) is 0 Å². The van der Waals surface area contributed by atoms with E-state index in [-0.39, 0.29) is 17.6 Å². The van der Waals surface area contributed by atoms with E-state index in [1.807, 2.05) is 9.47 Å². The zero-order chi connectivity index (χ0) is 20.4. The summed E-state index contributed by atoms with van der Waals surface area (Å²) in [6.45, 7) is 3.54. The third-order valence-corrected chi connectivity index (χ3v) is 5.97. The molecule has 2 aliphatic heterocycles. The van der Waals surface area contributed by atoms with Crippen LogP contribution in [0.5, 0.6) is 0 Å². The molecule has 29 heavy (non-hydrogen) atoms. The van der Waals surface area contributed by atoms with Crippen molar-refractivity contribution in [1.82, 2.24) is 14.5 Å². The molecule has 1 aromatic carbocycles. The molecule has 2 aromatic rings. The number of hydrogen-bond donors (Lipinski definition) is 1. The van der Waals surface area contributed by atoms with Crippen LogP contribution in [-0.2, 0) is 13.0 Å². The number of hydrogen-bond acceptors (Lipinski definition) is 3. The van der Waals surface area contributed by atoms with Gasteiger partial charge in [0, 0.05) is 24.8 Å². The lowest BCUT2D eigenvalue weighted by molar-refractivity contribution is 0.0589. The molecule has 1 unspecified atom stereocenters. The molecule has 0 spiro atoms. The fraction of sp³-hybridized carbons (Fsp3) is 0.500. The molecule has 7 heteroatoms. The summed E-state index contributed by atoms with van der Waals surface area (Å²) >= 11 is 0. The first kappa shape index (κ1) is 19.6. The van der Waals surface area contributed by atoms with Crippen LogP contribution >= 0.6 is 0 Å². The largest absolute Gasteiger partial charge is 0.333 e. The second kappa shape index (κ2) is 8.35. The highest BCUT2D eigenvalue weighted by Gasteiger charge is 2.33. The molecule has 0 aliphatic carbocycles. The van der Waals surface area contributed by atoms with E-state index in [1.165, 1.54) is 12.1 Å². The Balaban J connectivity index is 1.65. The lowest BCUT2D eigenvalue weighted by Crippen LogP contribution is -2.44. The lowest BCUT2D eigenvalue weighted by atomic mass is 10.00. The van der Waals surface area contributed by atoms with Gasteiger partial charge in [-0.25, -0.2) is 9.37 Å². The normalized spacial score (nSPS) is 19.0. The summed E-state index contributed by atoms with van der Waals surface area (Å²) in [5, 5.41) is 2.72. The Morgan fingerprint density at radius 1 is 1.21 bits per heavy atom. The first-order valence-corrected chi connectivity index (χ1v) is 10.6. The van der Waals surface area contributed by atoms with E-state index in [0.29, 0.717) is 24.5 Å². The van der Waals surface area contributed by atoms with E-state index >= 15 is 0 Å². The standard InChI is InChI=1S/C22H27FN4O2/c1-2-17-10-3-5-12-26(17)22(29)20-25-19(18-11-4-6-13-27(18)20)21(28)24-16-9-7-8-15(23)14-16/h7-9,14,17H,2-6,10-13H2,1H3,(H,24,28). The molecule has 6 nitrogen and oxygen atoms in total. The van der Waals surface area contributed by atoms with Gasteiger partial charge in [-0.2, -0.15) is 0 Å². The van der Waals surface area contributed by atoms with Gasteiger partial charge in [0.25, 0.3) is 11.8 Å². The molecule has 0 saturated carbocycles. The van der Waals surface area contributed by atoms with Crippen molar-refractivity contribution in [2.45, 2.75) is 64.5 Å². The molecule has 1 atom stereocenters. The van der Waals surface area contributed by atoms with Gasteiger partial charge in [-0.3, -0.25) is 9.59 Å². The van der Waals surface area contributed by atoms with Crippen LogP contribution in [-0.4, -0.2) is 38.9 Å². The Kier molecular flexibility index (Phi) is 5.65. The second-order valence-electron chi connectivity index (χ2n) is 7.86. The highest BCUT2D eigenvalue weighted by atomic mass is 19.1. The number of fused-ring (bicyclic) bond motifs is 1. The van der Waals surface area contributed by atoms with Crippen LogP contribution in [0.4, 0.5) is 10.1 Å². The number of piperidine rings is 1. The summed E-state index contributed by atoms with van der Waals surface area (Å²) in [5.74, 6) is -0.527. The lowest BCUT2D eigenvalue weighted by Gasteiger charge is -2.35. The minimum Gasteiger partial charge on any atom is -0.333 e. The van der Waals surface area contributed by atoms with Crippen LogP contribution in [0.2, 0.25) is 0 Å². The molecular weight excluding hydrogens is 371 g/mol. The van der Waals surface area contributed by atoms with Crippen LogP contribution in [0.25, 0.3) is 0 Å². The van der Waals surface area contributed by atoms with E-state index in [2.05, 4.69) is 17.2 Å². The second-order valence-corrected chi connectivity index (χ2v) is 7.86. The van der Waals surface area contributed by atoms with Gasteiger partial charge >= 0.3 is 0 Å². The van der Waals surface area contributed by atoms with E-state index in [4.69, 9.17) is 0 Å². The van der Waals surface area contributed by atoms with Crippen molar-refractivity contribution < 1.29 is 14.0 Å². The molecule has 3 heterocycles. The summed E-state index contributed by atoms with van der Waals surface area (Å²) in [6, 6.07) is 6.01. The number of anilines is 1. The molecule has 1 saturated heterocycles. The highest BCUT2D eigenvalue weighted by molar-refractivity contribution is 6.05. The number of carbonyl (C=O) groups excluding carboxylic acids is 2. The third-order valence-electron chi connectivity index (χ3n) is 5.97. The molecule has 0 radical (unpaired) electrons. The average Bonchev–Trinajstić information content (AvgIpc) is 3.13. The van der Waals surface area contributed by atoms with Gasteiger partial charge in [-0.15, -0.1) is 0 Å². The highest BCUT2D eigenvalue weighted by Crippen LogP contribution is 2.26. The number of imidazole rings is 1. The van der Waals surface area contributed by atoms with Gasteiger partial charge in [0.2, 0.25) is 0 Å². The quantitative estimate of drug-likeness (QED) is 0.846. The van der Waals surface area contributed by atoms with Crippen LogP contribution in [0.15, 0.2) is 24.3 Å². The molecule has 4 rings (SSSR count). The average molecular weight is 398 g/mol. The van der Waals surface area contributed by atoms with E-state index in [9.17, 15) is 14.0 Å². The number of benzene rings is 1. The molecule has 1 aromatic heterocycles. The maximum absolute atomic E-state index is 13.5. The summed E-state index contributed by atoms with van der Waals surface area (Å²) < 4.78 is 15.4. The fourth-order valence-corrected chi connectivity index (χ4v) is 4.47. The first-order valence-electron chi connectivity index (χ1n) is 10.6. The maximum atomic E-state index is 13.5. The topological polar surface area (TPSA) is 67.2 Å². The number of likely N-dealkylation sites (tertiary alicyclic amines) is 1. The number of carbonyl (C=O) groups is 2. The van der Waals surface area contributed by atoms with Crippen molar-refractivity contribution in [3.8, 4) is 0 Å². The molecule has 1 N–H and O–H groups in total. The van der Waals surface area contributed by atoms with Crippen LogP contribution in [0, 0.1) is 5.82 Å². The van der Waals surface area contributed by atoms with Gasteiger partial charge in [0.05, 0.1) is 5.69 Å². The van der Waals surface area contributed by atoms with E-state index < -0.39 is 11.7 Å². The summed E-state index contributed by atoms with van der Waals surface area (Å²) in [4.78, 5) is 32.7. The van der Waals surface area contributed by atoms with Gasteiger partial charge in [-0.1, -0.05) is 13.0 Å². The SMILES string of the molecule is CCC1CCCCN1C(=O)c1nc(C(=O)Nc2cccc(F)c2)c2n1CCCC2. The van der Waals surface area contributed by atoms with Crippen molar-refractivity contribution in [3.05, 3.63) is 47.3 Å². The Hall–Kier alpha value is -2.70. The third kappa shape index (κ3) is 3.91. The minimum atomic E-state index is -0.416. The Bertz CT molecular complexity index is 924. The number of aromatic nitrogens is 2. The fourth-order valence-electron chi connectivity index (χ4n) is 4.47. The monoisotopic (exact) mass is 398 g/mol. The molecular formula is C22H27FN4O2. The van der Waals surface area contributed by atoms with Crippen molar-refractivity contribution in [3.63, 3.8) is 0 Å². The smallest absolute Gasteiger partial charge is 0.290 e. The van der Waals surface area contributed by atoms with Crippen molar-refractivity contribution in [2.24, 2.45) is 0 Å². The van der Waals surface area contributed by atoms with Gasteiger partial charge in [0.15, 0.2) is 11.5 Å². The molecule has 1 fully saturated rings. The predicted octanol–water partition coefficient (Wildman–Crippen LogP) is 4.02. The number of halogens is 1. The number of rotatable bonds is 4. The Morgan fingerprint density at radius 3 is 2.83 bits per heavy atom. The number of amides is 2. The first-order chi connectivity index (χ1) is 14.1. The summed E-state index contributed by atoms with van der Waals surface area (Å²) in [6.07, 6.45) is 6.72. The zero-order valence-electron chi connectivity index (χ0n) is 16.8. The van der Waals surface area contributed by atoms with Crippen molar-refractivity contribution >= 4 is 17.5 Å². The van der Waals surface area contributed by atoms with Crippen molar-refractivity contribution in [1.29, 1.82) is 0 Å². The Labute approximate surface area is 170 Å². The summed E-state index contributed by atoms with van der Waals surface area (Å²) in [7, 11) is 0. The van der Waals surface area contributed by atoms with Crippen LogP contribution in [0.1, 0.15) is 72.3 Å². The molecule has 2 amide bonds. The summed E-state index contributed by atoms with van der Waals surface area (Å²) in [5.41, 5.74) is 1.46. The number of nitrogens with one attached hydrogen (secondary N) is 1. The maximum Gasteiger partial charge on any atom is 0.290 e. The van der Waals surface area contributed by atoms with Crippen molar-refractivity contribution in [2.75, 3.05) is 11.9 Å². The molecule has 154 valence electrons. The number of nitrogens with zero attached hydrogens (tertiary/aromatic N) is 3. The van der Waals surface area contributed by atoms with Gasteiger partial charge in [0.1, 0.15) is 5.82 Å². The molecule has 2 aliphatic rings. The van der Waals surface area contributed by atoms with E-state index in [1.54, 1.807) is 12.1 Å². The predicted molar refractivity (Wildman–Crippen MR) is 108 cm³/mol. The van der Waals surface area contributed by atoms with Crippen LogP contribution < -0.4 is 5.32 Å². The van der Waals surface area contributed by atoms with E-state index in [0.717, 1.165) is 50.8 Å². The molecule has 0 bridgehead atoms. The Morgan fingerprint density at radius 2 is 2.03 bits per heavy atom. The van der Waals surface area contributed by atoms with Gasteiger partial charge < -0.3 is 14.8 Å². The van der Waals surface area contributed by atoms with Gasteiger partial charge in [-0.05, 0) is 63.1 Å². The minimum absolute atomic E-state index is 0.0792.